The molecule has 116 valence electrons. The molecule has 0 spiro atoms. The number of carbonyl (C=O) groups is 1. The Bertz CT molecular complexity index is 485. The second kappa shape index (κ2) is 6.53. The molecule has 1 heterocycles. The highest BCUT2D eigenvalue weighted by Crippen LogP contribution is 2.28. The molecule has 3 N–H and O–H groups in total. The summed E-state index contributed by atoms with van der Waals surface area (Å²) in [5.41, 5.74) is 0.448. The standard InChI is InChI=1S/C15H20O6/c1-8-13(17)14(18)11(15(19)21-8)7-12(16)9-3-5-10(20-2)6-4-9/h3-6,8,11,13-15,17-19H,7H2,1-2H3/t8-,11-,13+,14-,15?/m0/s1. The van der Waals surface area contributed by atoms with Gasteiger partial charge in [-0.1, -0.05) is 0 Å². The Hall–Kier alpha value is -1.47. The maximum atomic E-state index is 12.2. The van der Waals surface area contributed by atoms with Crippen molar-refractivity contribution in [2.45, 2.75) is 37.9 Å². The molecule has 0 radical (unpaired) electrons. The first kappa shape index (κ1) is 15.9. The fraction of sp³-hybridized carbons (Fsp3) is 0.533. The van der Waals surface area contributed by atoms with Gasteiger partial charge < -0.3 is 24.8 Å². The molecule has 0 aliphatic carbocycles. The number of aliphatic hydroxyl groups excluding tert-OH is 3. The molecule has 1 unspecified atom stereocenters. The quantitative estimate of drug-likeness (QED) is 0.694. The molecule has 0 aromatic heterocycles. The summed E-state index contributed by atoms with van der Waals surface area (Å²) in [5, 5.41) is 29.6. The summed E-state index contributed by atoms with van der Waals surface area (Å²) < 4.78 is 10.1. The van der Waals surface area contributed by atoms with E-state index in [0.29, 0.717) is 11.3 Å². The highest BCUT2D eigenvalue weighted by atomic mass is 16.6. The van der Waals surface area contributed by atoms with E-state index in [4.69, 9.17) is 9.47 Å². The number of aliphatic hydroxyl groups is 3. The number of hydrogen-bond donors (Lipinski definition) is 3. The largest absolute Gasteiger partial charge is 0.497 e. The van der Waals surface area contributed by atoms with Crippen LogP contribution in [0.2, 0.25) is 0 Å². The van der Waals surface area contributed by atoms with Crippen LogP contribution in [0.3, 0.4) is 0 Å². The van der Waals surface area contributed by atoms with E-state index >= 15 is 0 Å². The molecule has 1 aliphatic rings. The van der Waals surface area contributed by atoms with Gasteiger partial charge in [-0.2, -0.15) is 0 Å². The first-order valence-corrected chi connectivity index (χ1v) is 6.81. The lowest BCUT2D eigenvalue weighted by Crippen LogP contribution is -2.53. The number of methoxy groups -OCH3 is 1. The van der Waals surface area contributed by atoms with E-state index < -0.39 is 30.5 Å². The molecular formula is C15H20O6. The number of Topliss-reactive ketones (excluding diaryl/α,β-unsaturated/α-hetero) is 1. The smallest absolute Gasteiger partial charge is 0.163 e. The van der Waals surface area contributed by atoms with E-state index in [0.717, 1.165) is 0 Å². The van der Waals surface area contributed by atoms with Crippen LogP contribution in [0.25, 0.3) is 0 Å². The maximum Gasteiger partial charge on any atom is 0.163 e. The molecular weight excluding hydrogens is 276 g/mol. The van der Waals surface area contributed by atoms with Gasteiger partial charge in [0.15, 0.2) is 12.1 Å². The van der Waals surface area contributed by atoms with Gasteiger partial charge in [-0.3, -0.25) is 4.79 Å². The van der Waals surface area contributed by atoms with Crippen LogP contribution in [0, 0.1) is 5.92 Å². The molecule has 1 aromatic rings. The second-order valence-corrected chi connectivity index (χ2v) is 5.23. The average Bonchev–Trinajstić information content (AvgIpc) is 2.49. The summed E-state index contributed by atoms with van der Waals surface area (Å²) in [6, 6.07) is 6.55. The van der Waals surface area contributed by atoms with Gasteiger partial charge in [-0.15, -0.1) is 0 Å². The lowest BCUT2D eigenvalue weighted by atomic mass is 9.86. The molecule has 6 heteroatoms. The zero-order valence-electron chi connectivity index (χ0n) is 12.0. The molecule has 0 saturated carbocycles. The first-order chi connectivity index (χ1) is 9.93. The molecule has 1 aliphatic heterocycles. The van der Waals surface area contributed by atoms with Gasteiger partial charge in [0.05, 0.1) is 19.3 Å². The molecule has 6 nitrogen and oxygen atoms in total. The van der Waals surface area contributed by atoms with Crippen molar-refractivity contribution >= 4 is 5.78 Å². The molecule has 21 heavy (non-hydrogen) atoms. The monoisotopic (exact) mass is 296 g/mol. The number of ketones is 1. The van der Waals surface area contributed by atoms with Gasteiger partial charge in [0.2, 0.25) is 0 Å². The number of rotatable bonds is 4. The third-order valence-corrected chi connectivity index (χ3v) is 3.82. The number of benzene rings is 1. The van der Waals surface area contributed by atoms with Crippen LogP contribution in [-0.2, 0) is 4.74 Å². The fourth-order valence-corrected chi connectivity index (χ4v) is 2.43. The lowest BCUT2D eigenvalue weighted by molar-refractivity contribution is -0.258. The Morgan fingerprint density at radius 1 is 1.19 bits per heavy atom. The van der Waals surface area contributed by atoms with E-state index in [1.807, 2.05) is 0 Å². The van der Waals surface area contributed by atoms with E-state index in [2.05, 4.69) is 0 Å². The fourth-order valence-electron chi connectivity index (χ4n) is 2.43. The number of hydrogen-bond acceptors (Lipinski definition) is 6. The van der Waals surface area contributed by atoms with Crippen molar-refractivity contribution in [3.8, 4) is 5.75 Å². The van der Waals surface area contributed by atoms with Crippen molar-refractivity contribution in [2.24, 2.45) is 5.92 Å². The SMILES string of the molecule is COc1ccc(C(=O)C[C@@H]2C(O)O[C@@H](C)[C@@H](O)[C@H]2O)cc1. The molecule has 0 bridgehead atoms. The Balaban J connectivity index is 2.07. The molecule has 1 saturated heterocycles. The van der Waals surface area contributed by atoms with Crippen molar-refractivity contribution in [1.82, 2.24) is 0 Å². The van der Waals surface area contributed by atoms with Crippen LogP contribution in [0.4, 0.5) is 0 Å². The second-order valence-electron chi connectivity index (χ2n) is 5.23. The molecule has 5 atom stereocenters. The molecule has 1 fully saturated rings. The highest BCUT2D eigenvalue weighted by molar-refractivity contribution is 5.96. The summed E-state index contributed by atoms with van der Waals surface area (Å²) in [6.45, 7) is 1.55. The predicted octanol–water partition coefficient (Wildman–Crippen LogP) is 0.343. The normalized spacial score (nSPS) is 32.7. The average molecular weight is 296 g/mol. The van der Waals surface area contributed by atoms with Crippen molar-refractivity contribution in [2.75, 3.05) is 7.11 Å². The van der Waals surface area contributed by atoms with Crippen molar-refractivity contribution in [1.29, 1.82) is 0 Å². The van der Waals surface area contributed by atoms with Crippen molar-refractivity contribution < 1.29 is 29.6 Å². The summed E-state index contributed by atoms with van der Waals surface area (Å²) in [5.74, 6) is -0.464. The van der Waals surface area contributed by atoms with Crippen LogP contribution < -0.4 is 4.74 Å². The Morgan fingerprint density at radius 3 is 2.38 bits per heavy atom. The minimum atomic E-state index is -1.28. The van der Waals surface area contributed by atoms with E-state index in [-0.39, 0.29) is 12.2 Å². The van der Waals surface area contributed by atoms with Crippen LogP contribution in [0.1, 0.15) is 23.7 Å². The Labute approximate surface area is 122 Å². The van der Waals surface area contributed by atoms with Crippen molar-refractivity contribution in [3.05, 3.63) is 29.8 Å². The van der Waals surface area contributed by atoms with Gasteiger partial charge in [0.1, 0.15) is 11.9 Å². The van der Waals surface area contributed by atoms with Crippen molar-refractivity contribution in [3.63, 3.8) is 0 Å². The molecule has 2 rings (SSSR count). The van der Waals surface area contributed by atoms with E-state index in [1.54, 1.807) is 31.2 Å². The zero-order chi connectivity index (χ0) is 15.6. The maximum absolute atomic E-state index is 12.2. The number of ether oxygens (including phenoxy) is 2. The summed E-state index contributed by atoms with van der Waals surface area (Å²) >= 11 is 0. The van der Waals surface area contributed by atoms with Gasteiger partial charge >= 0.3 is 0 Å². The molecule has 1 aromatic carbocycles. The Morgan fingerprint density at radius 2 is 1.81 bits per heavy atom. The van der Waals surface area contributed by atoms with Gasteiger partial charge in [-0.05, 0) is 31.2 Å². The van der Waals surface area contributed by atoms with Gasteiger partial charge in [0.25, 0.3) is 0 Å². The minimum Gasteiger partial charge on any atom is -0.497 e. The minimum absolute atomic E-state index is 0.113. The summed E-state index contributed by atoms with van der Waals surface area (Å²) in [7, 11) is 1.53. The predicted molar refractivity (Wildman–Crippen MR) is 74.0 cm³/mol. The summed E-state index contributed by atoms with van der Waals surface area (Å²) in [6.07, 6.45) is -4.39. The highest BCUT2D eigenvalue weighted by Gasteiger charge is 2.42. The third kappa shape index (κ3) is 3.41. The van der Waals surface area contributed by atoms with Crippen LogP contribution >= 0.6 is 0 Å². The zero-order valence-corrected chi connectivity index (χ0v) is 12.0. The van der Waals surface area contributed by atoms with Crippen LogP contribution in [-0.4, -0.2) is 52.8 Å². The Kier molecular flexibility index (Phi) is 4.95. The third-order valence-electron chi connectivity index (χ3n) is 3.82. The van der Waals surface area contributed by atoms with Gasteiger partial charge in [-0.25, -0.2) is 0 Å². The molecule has 0 amide bonds. The van der Waals surface area contributed by atoms with Crippen LogP contribution in [0.15, 0.2) is 24.3 Å². The topological polar surface area (TPSA) is 96.2 Å². The first-order valence-electron chi connectivity index (χ1n) is 6.81. The lowest BCUT2D eigenvalue weighted by Gasteiger charge is -2.39. The van der Waals surface area contributed by atoms with Gasteiger partial charge in [0, 0.05) is 17.9 Å². The van der Waals surface area contributed by atoms with E-state index in [1.165, 1.54) is 7.11 Å². The van der Waals surface area contributed by atoms with E-state index in [9.17, 15) is 20.1 Å². The van der Waals surface area contributed by atoms with Crippen LogP contribution in [0.5, 0.6) is 5.75 Å². The number of carbonyl (C=O) groups excluding carboxylic acids is 1. The summed E-state index contributed by atoms with van der Waals surface area (Å²) in [4.78, 5) is 12.2.